The van der Waals surface area contributed by atoms with Gasteiger partial charge >= 0.3 is 0 Å². The lowest BCUT2D eigenvalue weighted by Gasteiger charge is -2.72. The number of hydrogen-bond donors (Lipinski definition) is 5. The third-order valence-electron chi connectivity index (χ3n) is 13.2. The minimum Gasteiger partial charge on any atom is -0.396 e. The summed E-state index contributed by atoms with van der Waals surface area (Å²) in [6, 6.07) is 0. The van der Waals surface area contributed by atoms with E-state index in [0.29, 0.717) is 12.8 Å². The van der Waals surface area contributed by atoms with Crippen molar-refractivity contribution in [3.8, 4) is 0 Å². The molecule has 0 radical (unpaired) electrons. The van der Waals surface area contributed by atoms with Crippen molar-refractivity contribution in [1.29, 1.82) is 0 Å². The van der Waals surface area contributed by atoms with Crippen LogP contribution in [0.3, 0.4) is 0 Å². The lowest BCUT2D eigenvalue weighted by molar-refractivity contribution is -0.244. The van der Waals surface area contributed by atoms with Gasteiger partial charge in [0, 0.05) is 16.7 Å². The van der Waals surface area contributed by atoms with E-state index in [2.05, 4.69) is 40.7 Å². The highest BCUT2D eigenvalue weighted by Crippen LogP contribution is 2.75. The fraction of sp³-hybridized carbons (Fsp3) is 0.933. The molecule has 0 aliphatic heterocycles. The molecule has 0 aromatic carbocycles. The monoisotopic (exact) mass is 490 g/mol. The summed E-state index contributed by atoms with van der Waals surface area (Å²) in [5, 5.41) is 55.7. The molecule has 4 fully saturated rings. The van der Waals surface area contributed by atoms with Crippen LogP contribution in [-0.2, 0) is 0 Å². The summed E-state index contributed by atoms with van der Waals surface area (Å²) < 4.78 is 0. The Morgan fingerprint density at radius 1 is 0.800 bits per heavy atom. The maximum absolute atomic E-state index is 12.0. The first kappa shape index (κ1) is 26.2. The third kappa shape index (κ3) is 3.11. The van der Waals surface area contributed by atoms with Crippen molar-refractivity contribution in [2.75, 3.05) is 13.2 Å². The zero-order valence-electron chi connectivity index (χ0n) is 22.8. The SMILES string of the molecule is CC1(C)CCC2(CO)C(O)CC3(C)C(=CC(O)C4C5(C)CCC(O)C(C)(CO)C5CCC43C)C2C1. The Morgan fingerprint density at radius 2 is 1.49 bits per heavy atom. The van der Waals surface area contributed by atoms with Gasteiger partial charge in [0.2, 0.25) is 0 Å². The zero-order valence-corrected chi connectivity index (χ0v) is 22.8. The Kier molecular flexibility index (Phi) is 5.82. The number of aliphatic hydroxyl groups excluding tert-OH is 5. The Balaban J connectivity index is 1.65. The topological polar surface area (TPSA) is 101 Å². The van der Waals surface area contributed by atoms with E-state index < -0.39 is 29.1 Å². The molecule has 5 rings (SSSR count). The van der Waals surface area contributed by atoms with Crippen LogP contribution < -0.4 is 0 Å². The van der Waals surface area contributed by atoms with Gasteiger partial charge in [-0.2, -0.15) is 0 Å². The standard InChI is InChI=1S/C30H50O5/c1-25(2)11-12-30(17-32)19(14-25)18-13-20(33)24-26(3)9-8-22(34)27(4,16-31)21(26)7-10-28(24,5)29(18,6)15-23(30)35/h13,19-24,31-35H,7-12,14-17H2,1-6H3. The zero-order chi connectivity index (χ0) is 25.8. The van der Waals surface area contributed by atoms with Crippen LogP contribution in [0.25, 0.3) is 0 Å². The van der Waals surface area contributed by atoms with Crippen LogP contribution in [0.15, 0.2) is 11.6 Å². The summed E-state index contributed by atoms with van der Waals surface area (Å²) in [7, 11) is 0. The van der Waals surface area contributed by atoms with Crippen molar-refractivity contribution < 1.29 is 25.5 Å². The smallest absolute Gasteiger partial charge is 0.0762 e. The highest BCUT2D eigenvalue weighted by Gasteiger charge is 2.71. The molecule has 35 heavy (non-hydrogen) atoms. The van der Waals surface area contributed by atoms with Gasteiger partial charge in [-0.15, -0.1) is 0 Å². The van der Waals surface area contributed by atoms with E-state index in [1.807, 2.05) is 6.92 Å². The van der Waals surface area contributed by atoms with Crippen LogP contribution >= 0.6 is 0 Å². The number of fused-ring (bicyclic) bond motifs is 7. The van der Waals surface area contributed by atoms with Crippen LogP contribution in [0.4, 0.5) is 0 Å². The molecule has 5 aliphatic carbocycles. The lowest BCUT2D eigenvalue weighted by Crippen LogP contribution is -2.69. The molecular formula is C30H50O5. The van der Waals surface area contributed by atoms with Crippen molar-refractivity contribution in [3.05, 3.63) is 11.6 Å². The first-order chi connectivity index (χ1) is 16.2. The second-order valence-electron chi connectivity index (χ2n) is 15.2. The van der Waals surface area contributed by atoms with Gasteiger partial charge in [-0.05, 0) is 84.9 Å². The van der Waals surface area contributed by atoms with Crippen molar-refractivity contribution in [3.63, 3.8) is 0 Å². The van der Waals surface area contributed by atoms with Gasteiger partial charge in [0.25, 0.3) is 0 Å². The van der Waals surface area contributed by atoms with Crippen LogP contribution in [0.2, 0.25) is 0 Å². The highest BCUT2D eigenvalue weighted by molar-refractivity contribution is 5.36. The Labute approximate surface area is 212 Å². The normalized spacial score (nSPS) is 57.3. The van der Waals surface area contributed by atoms with E-state index in [1.165, 1.54) is 5.57 Å². The molecule has 11 atom stereocenters. The fourth-order valence-corrected chi connectivity index (χ4v) is 10.8. The Bertz CT molecular complexity index is 899. The molecule has 11 unspecified atom stereocenters. The average Bonchev–Trinajstić information content (AvgIpc) is 2.78. The second kappa shape index (κ2) is 7.79. The molecular weight excluding hydrogens is 440 g/mol. The van der Waals surface area contributed by atoms with E-state index in [-0.39, 0.29) is 52.6 Å². The van der Waals surface area contributed by atoms with E-state index >= 15 is 0 Å². The Morgan fingerprint density at radius 3 is 2.11 bits per heavy atom. The van der Waals surface area contributed by atoms with E-state index in [1.54, 1.807) is 0 Å². The van der Waals surface area contributed by atoms with Crippen molar-refractivity contribution in [2.24, 2.45) is 50.2 Å². The molecule has 0 spiro atoms. The highest BCUT2D eigenvalue weighted by atomic mass is 16.3. The van der Waals surface area contributed by atoms with E-state index in [0.717, 1.165) is 38.5 Å². The molecule has 0 saturated heterocycles. The molecule has 0 heterocycles. The first-order valence-corrected chi connectivity index (χ1v) is 14.1. The molecule has 0 bridgehead atoms. The summed E-state index contributed by atoms with van der Waals surface area (Å²) in [6.07, 6.45) is 7.10. The summed E-state index contributed by atoms with van der Waals surface area (Å²) in [5.74, 6) is 0.193. The van der Waals surface area contributed by atoms with Crippen LogP contribution in [0.1, 0.15) is 92.9 Å². The summed E-state index contributed by atoms with van der Waals surface area (Å²) >= 11 is 0. The Hall–Kier alpha value is -0.460. The van der Waals surface area contributed by atoms with Crippen LogP contribution in [-0.4, -0.2) is 57.1 Å². The molecule has 5 nitrogen and oxygen atoms in total. The molecule has 5 N–H and O–H groups in total. The first-order valence-electron chi connectivity index (χ1n) is 14.1. The average molecular weight is 491 g/mol. The van der Waals surface area contributed by atoms with Gasteiger partial charge < -0.3 is 25.5 Å². The molecule has 5 aliphatic rings. The van der Waals surface area contributed by atoms with Crippen molar-refractivity contribution in [2.45, 2.75) is 111 Å². The maximum atomic E-state index is 12.0. The number of rotatable bonds is 2. The third-order valence-corrected chi connectivity index (χ3v) is 13.2. The van der Waals surface area contributed by atoms with Gasteiger partial charge in [-0.3, -0.25) is 0 Å². The van der Waals surface area contributed by atoms with Crippen LogP contribution in [0, 0.1) is 50.2 Å². The maximum Gasteiger partial charge on any atom is 0.0762 e. The minimum absolute atomic E-state index is 0.00805. The number of allylic oxidation sites excluding steroid dienone is 1. The van der Waals surface area contributed by atoms with E-state index in [4.69, 9.17) is 0 Å². The van der Waals surface area contributed by atoms with Gasteiger partial charge in [-0.1, -0.05) is 53.2 Å². The molecule has 200 valence electrons. The number of hydrogen-bond acceptors (Lipinski definition) is 5. The summed E-state index contributed by atoms with van der Waals surface area (Å²) in [5.41, 5.74) is -0.372. The van der Waals surface area contributed by atoms with Gasteiger partial charge in [-0.25, -0.2) is 0 Å². The van der Waals surface area contributed by atoms with Crippen molar-refractivity contribution in [1.82, 2.24) is 0 Å². The van der Waals surface area contributed by atoms with Gasteiger partial charge in [0.05, 0.1) is 31.5 Å². The lowest BCUT2D eigenvalue weighted by atomic mass is 9.33. The van der Waals surface area contributed by atoms with E-state index in [9.17, 15) is 25.5 Å². The molecule has 0 aromatic heterocycles. The van der Waals surface area contributed by atoms with Crippen molar-refractivity contribution >= 4 is 0 Å². The molecule has 5 heteroatoms. The number of aliphatic hydroxyl groups is 5. The van der Waals surface area contributed by atoms with Crippen LogP contribution in [0.5, 0.6) is 0 Å². The fourth-order valence-electron chi connectivity index (χ4n) is 10.8. The predicted molar refractivity (Wildman–Crippen MR) is 136 cm³/mol. The molecule has 4 saturated carbocycles. The molecule has 0 amide bonds. The van der Waals surface area contributed by atoms with Gasteiger partial charge in [0.15, 0.2) is 0 Å². The predicted octanol–water partition coefficient (Wildman–Crippen LogP) is 4.06. The largest absolute Gasteiger partial charge is 0.396 e. The van der Waals surface area contributed by atoms with Gasteiger partial charge in [0.1, 0.15) is 0 Å². The quantitative estimate of drug-likeness (QED) is 0.376. The summed E-state index contributed by atoms with van der Waals surface area (Å²) in [6.45, 7) is 13.6. The molecule has 0 aromatic rings. The second-order valence-corrected chi connectivity index (χ2v) is 15.2. The minimum atomic E-state index is -0.606. The summed E-state index contributed by atoms with van der Waals surface area (Å²) in [4.78, 5) is 0.